The molecule has 0 saturated carbocycles. The van der Waals surface area contributed by atoms with Crippen molar-refractivity contribution in [1.82, 2.24) is 4.98 Å². The van der Waals surface area contributed by atoms with Crippen LogP contribution in [0, 0.1) is 0 Å². The van der Waals surface area contributed by atoms with E-state index in [1.807, 2.05) is 18.2 Å². The summed E-state index contributed by atoms with van der Waals surface area (Å²) in [4.78, 5) is 15.3. The number of carbonyl (C=O) groups excluding carboxylic acids is 1. The van der Waals surface area contributed by atoms with Gasteiger partial charge in [0, 0.05) is 6.20 Å². The number of benzene rings is 1. The first-order valence-electron chi connectivity index (χ1n) is 5.81. The summed E-state index contributed by atoms with van der Waals surface area (Å²) in [7, 11) is 0. The molecule has 1 heterocycles. The Morgan fingerprint density at radius 2 is 2.28 bits per heavy atom. The third kappa shape index (κ3) is 3.17. The van der Waals surface area contributed by atoms with Crippen LogP contribution in [0.4, 0.5) is 0 Å². The predicted molar refractivity (Wildman–Crippen MR) is 72.4 cm³/mol. The Balaban J connectivity index is 2.01. The van der Waals surface area contributed by atoms with Crippen LogP contribution < -0.4 is 4.74 Å². The summed E-state index contributed by atoms with van der Waals surface area (Å²) in [6.07, 6.45) is 2.38. The Bertz CT molecular complexity index is 534. The number of carbonyl (C=O) groups is 1. The average Bonchev–Trinajstić information content (AvgIpc) is 2.84. The summed E-state index contributed by atoms with van der Waals surface area (Å²) >= 11 is 1.36. The van der Waals surface area contributed by atoms with Crippen LogP contribution in [0.3, 0.4) is 0 Å². The van der Waals surface area contributed by atoms with E-state index < -0.39 is 0 Å². The fourth-order valence-corrected chi connectivity index (χ4v) is 2.20. The van der Waals surface area contributed by atoms with Crippen LogP contribution in [0.25, 0.3) is 0 Å². The van der Waals surface area contributed by atoms with Crippen molar-refractivity contribution in [2.45, 2.75) is 26.4 Å². The number of rotatable bonds is 5. The molecule has 0 N–H and O–H groups in total. The highest BCUT2D eigenvalue weighted by atomic mass is 32.1. The SMILES string of the molecule is CC(C)c1cccc(OCc2ncc(C=O)s2)c1. The second kappa shape index (κ2) is 5.78. The second-order valence-electron chi connectivity index (χ2n) is 4.29. The first-order valence-corrected chi connectivity index (χ1v) is 6.63. The molecule has 3 nitrogen and oxygen atoms in total. The molecule has 1 aromatic heterocycles. The van der Waals surface area contributed by atoms with Crippen molar-refractivity contribution in [2.75, 3.05) is 0 Å². The van der Waals surface area contributed by atoms with Crippen molar-refractivity contribution < 1.29 is 9.53 Å². The first kappa shape index (κ1) is 12.8. The number of aldehydes is 1. The smallest absolute Gasteiger partial charge is 0.161 e. The van der Waals surface area contributed by atoms with E-state index >= 15 is 0 Å². The Morgan fingerprint density at radius 1 is 1.44 bits per heavy atom. The largest absolute Gasteiger partial charge is 0.486 e. The summed E-state index contributed by atoms with van der Waals surface area (Å²) < 4.78 is 5.67. The Kier molecular flexibility index (Phi) is 4.10. The number of nitrogens with zero attached hydrogens (tertiary/aromatic N) is 1. The average molecular weight is 261 g/mol. The Hall–Kier alpha value is -1.68. The fourth-order valence-electron chi connectivity index (χ4n) is 1.55. The number of aromatic nitrogens is 1. The topological polar surface area (TPSA) is 39.2 Å². The molecule has 0 bridgehead atoms. The Morgan fingerprint density at radius 3 is 2.94 bits per heavy atom. The molecular formula is C14H15NO2S. The van der Waals surface area contributed by atoms with Crippen molar-refractivity contribution >= 4 is 17.6 Å². The van der Waals surface area contributed by atoms with Gasteiger partial charge in [-0.3, -0.25) is 4.79 Å². The third-order valence-electron chi connectivity index (χ3n) is 2.57. The van der Waals surface area contributed by atoms with Gasteiger partial charge in [-0.15, -0.1) is 11.3 Å². The van der Waals surface area contributed by atoms with E-state index in [2.05, 4.69) is 24.9 Å². The standard InChI is InChI=1S/C14H15NO2S/c1-10(2)11-4-3-5-12(6-11)17-9-14-15-7-13(8-16)18-14/h3-8,10H,9H2,1-2H3. The van der Waals surface area contributed by atoms with E-state index in [-0.39, 0.29) is 0 Å². The van der Waals surface area contributed by atoms with Gasteiger partial charge in [0.2, 0.25) is 0 Å². The molecule has 4 heteroatoms. The molecule has 2 aromatic rings. The monoisotopic (exact) mass is 261 g/mol. The highest BCUT2D eigenvalue weighted by molar-refractivity contribution is 7.13. The molecule has 0 amide bonds. The van der Waals surface area contributed by atoms with Crippen molar-refractivity contribution in [1.29, 1.82) is 0 Å². The van der Waals surface area contributed by atoms with E-state index in [1.54, 1.807) is 6.20 Å². The number of hydrogen-bond acceptors (Lipinski definition) is 4. The lowest BCUT2D eigenvalue weighted by molar-refractivity contribution is 0.112. The van der Waals surface area contributed by atoms with Crippen LogP contribution in [-0.4, -0.2) is 11.3 Å². The zero-order valence-corrected chi connectivity index (χ0v) is 11.2. The highest BCUT2D eigenvalue weighted by Gasteiger charge is 2.04. The number of ether oxygens (including phenoxy) is 1. The number of hydrogen-bond donors (Lipinski definition) is 0. The fraction of sp³-hybridized carbons (Fsp3) is 0.286. The molecule has 0 aliphatic rings. The molecule has 94 valence electrons. The molecule has 0 aliphatic heterocycles. The molecule has 18 heavy (non-hydrogen) atoms. The van der Waals surface area contributed by atoms with Crippen LogP contribution in [0.5, 0.6) is 5.75 Å². The van der Waals surface area contributed by atoms with E-state index in [0.29, 0.717) is 17.4 Å². The lowest BCUT2D eigenvalue weighted by atomic mass is 10.0. The second-order valence-corrected chi connectivity index (χ2v) is 5.44. The minimum Gasteiger partial charge on any atom is -0.486 e. The van der Waals surface area contributed by atoms with Gasteiger partial charge >= 0.3 is 0 Å². The number of thiazole rings is 1. The molecule has 1 aromatic carbocycles. The lowest BCUT2D eigenvalue weighted by Gasteiger charge is -2.08. The summed E-state index contributed by atoms with van der Waals surface area (Å²) in [5.41, 5.74) is 1.25. The summed E-state index contributed by atoms with van der Waals surface area (Å²) in [6, 6.07) is 8.05. The van der Waals surface area contributed by atoms with Gasteiger partial charge in [0.05, 0.1) is 4.88 Å². The van der Waals surface area contributed by atoms with Crippen LogP contribution in [0.2, 0.25) is 0 Å². The van der Waals surface area contributed by atoms with Crippen molar-refractivity contribution in [3.05, 3.63) is 45.9 Å². The molecule has 2 rings (SSSR count). The molecular weight excluding hydrogens is 246 g/mol. The first-order chi connectivity index (χ1) is 8.69. The molecule has 0 spiro atoms. The normalized spacial score (nSPS) is 10.6. The van der Waals surface area contributed by atoms with Gasteiger partial charge in [0.15, 0.2) is 6.29 Å². The minimum atomic E-state index is 0.403. The van der Waals surface area contributed by atoms with Crippen LogP contribution >= 0.6 is 11.3 Å². The van der Waals surface area contributed by atoms with E-state index in [9.17, 15) is 4.79 Å². The summed E-state index contributed by atoms with van der Waals surface area (Å²) in [5.74, 6) is 1.32. The van der Waals surface area contributed by atoms with Gasteiger partial charge in [-0.1, -0.05) is 26.0 Å². The Labute approximate surface area is 110 Å². The molecule has 0 fully saturated rings. The maximum atomic E-state index is 10.5. The van der Waals surface area contributed by atoms with Crippen LogP contribution in [-0.2, 0) is 6.61 Å². The van der Waals surface area contributed by atoms with Crippen molar-refractivity contribution in [2.24, 2.45) is 0 Å². The van der Waals surface area contributed by atoms with Gasteiger partial charge in [-0.2, -0.15) is 0 Å². The van der Waals surface area contributed by atoms with Crippen molar-refractivity contribution in [3.8, 4) is 5.75 Å². The highest BCUT2D eigenvalue weighted by Crippen LogP contribution is 2.21. The zero-order valence-electron chi connectivity index (χ0n) is 10.4. The van der Waals surface area contributed by atoms with Gasteiger partial charge in [-0.05, 0) is 23.6 Å². The summed E-state index contributed by atoms with van der Waals surface area (Å²) in [6.45, 7) is 4.70. The molecule has 0 aliphatic carbocycles. The van der Waals surface area contributed by atoms with E-state index in [1.165, 1.54) is 16.9 Å². The van der Waals surface area contributed by atoms with E-state index in [4.69, 9.17) is 4.74 Å². The van der Waals surface area contributed by atoms with Crippen molar-refractivity contribution in [3.63, 3.8) is 0 Å². The van der Waals surface area contributed by atoms with Gasteiger partial charge in [0.1, 0.15) is 17.4 Å². The quantitative estimate of drug-likeness (QED) is 0.771. The van der Waals surface area contributed by atoms with Crippen LogP contribution in [0.1, 0.15) is 40.0 Å². The summed E-state index contributed by atoms with van der Waals surface area (Å²) in [5, 5.41) is 0.812. The van der Waals surface area contributed by atoms with Gasteiger partial charge < -0.3 is 4.74 Å². The molecule has 0 saturated heterocycles. The third-order valence-corrected chi connectivity index (χ3v) is 3.47. The molecule has 0 unspecified atom stereocenters. The maximum Gasteiger partial charge on any atom is 0.161 e. The zero-order chi connectivity index (χ0) is 13.0. The lowest BCUT2D eigenvalue weighted by Crippen LogP contribution is -1.95. The maximum absolute atomic E-state index is 10.5. The molecule has 0 radical (unpaired) electrons. The van der Waals surface area contributed by atoms with Crippen LogP contribution in [0.15, 0.2) is 30.5 Å². The predicted octanol–water partition coefficient (Wildman–Crippen LogP) is 3.66. The van der Waals surface area contributed by atoms with Gasteiger partial charge in [-0.25, -0.2) is 4.98 Å². The molecule has 0 atom stereocenters. The van der Waals surface area contributed by atoms with E-state index in [0.717, 1.165) is 17.0 Å². The minimum absolute atomic E-state index is 0.403. The van der Waals surface area contributed by atoms with Gasteiger partial charge in [0.25, 0.3) is 0 Å².